The molecule has 0 bridgehead atoms. The van der Waals surface area contributed by atoms with Gasteiger partial charge in [0.2, 0.25) is 11.3 Å². The Morgan fingerprint density at radius 1 is 1.19 bits per heavy atom. The third kappa shape index (κ3) is 6.15. The molecule has 2 aromatic rings. The predicted octanol–water partition coefficient (Wildman–Crippen LogP) is 2.67. The molecule has 6 nitrogen and oxygen atoms in total. The average molecular weight is 376 g/mol. The van der Waals surface area contributed by atoms with Crippen molar-refractivity contribution in [1.29, 1.82) is 0 Å². The number of aryl methyl sites for hydroxylation is 2. The molecule has 2 rings (SSSR count). The summed E-state index contributed by atoms with van der Waals surface area (Å²) in [5, 5.41) is 2.76. The second-order valence-corrected chi connectivity index (χ2v) is 7.65. The maximum Gasteiger partial charge on any atom is 0.237 e. The zero-order valence-corrected chi connectivity index (χ0v) is 16.1. The SMILES string of the molecule is CCCOc1c[nH]c(CS(=O)CC(=O)Nc2cc(C)cc(C)c2)cc1=O. The Bertz CT molecular complexity index is 841. The highest BCUT2D eigenvalue weighted by atomic mass is 32.2. The summed E-state index contributed by atoms with van der Waals surface area (Å²) in [5.41, 5.74) is 3.03. The smallest absolute Gasteiger partial charge is 0.237 e. The molecule has 26 heavy (non-hydrogen) atoms. The number of carbonyl (C=O) groups excluding carboxylic acids is 1. The summed E-state index contributed by atoms with van der Waals surface area (Å²) in [6.45, 7) is 6.32. The van der Waals surface area contributed by atoms with Gasteiger partial charge in [-0.25, -0.2) is 0 Å². The Morgan fingerprint density at radius 2 is 1.88 bits per heavy atom. The van der Waals surface area contributed by atoms with Gasteiger partial charge >= 0.3 is 0 Å². The molecule has 0 aliphatic rings. The van der Waals surface area contributed by atoms with Crippen molar-refractivity contribution in [2.75, 3.05) is 17.7 Å². The van der Waals surface area contributed by atoms with E-state index in [1.165, 1.54) is 12.3 Å². The molecule has 0 saturated carbocycles. The Balaban J connectivity index is 1.92. The Hall–Kier alpha value is -2.41. The van der Waals surface area contributed by atoms with E-state index >= 15 is 0 Å². The van der Waals surface area contributed by atoms with Crippen LogP contribution in [0.15, 0.2) is 35.3 Å². The number of aromatic amines is 1. The fourth-order valence-corrected chi connectivity index (χ4v) is 3.50. The van der Waals surface area contributed by atoms with Gasteiger partial charge in [0.25, 0.3) is 0 Å². The average Bonchev–Trinajstić information content (AvgIpc) is 2.52. The number of ether oxygens (including phenoxy) is 1. The molecule has 1 unspecified atom stereocenters. The maximum atomic E-state index is 12.2. The van der Waals surface area contributed by atoms with Gasteiger partial charge in [-0.05, 0) is 43.5 Å². The highest BCUT2D eigenvalue weighted by Gasteiger charge is 2.11. The van der Waals surface area contributed by atoms with Crippen LogP contribution in [-0.2, 0) is 21.3 Å². The number of carbonyl (C=O) groups is 1. The van der Waals surface area contributed by atoms with Crippen LogP contribution < -0.4 is 15.5 Å². The molecule has 140 valence electrons. The van der Waals surface area contributed by atoms with Crippen LogP contribution in [0.2, 0.25) is 0 Å². The fraction of sp³-hybridized carbons (Fsp3) is 0.368. The molecule has 0 fully saturated rings. The van der Waals surface area contributed by atoms with Crippen molar-refractivity contribution in [3.63, 3.8) is 0 Å². The summed E-state index contributed by atoms with van der Waals surface area (Å²) in [4.78, 5) is 26.9. The second-order valence-electron chi connectivity index (χ2n) is 6.19. The lowest BCUT2D eigenvalue weighted by Crippen LogP contribution is -2.21. The molecule has 1 aromatic carbocycles. The van der Waals surface area contributed by atoms with Crippen molar-refractivity contribution < 1.29 is 13.7 Å². The number of pyridine rings is 1. The normalized spacial score (nSPS) is 11.8. The largest absolute Gasteiger partial charge is 0.488 e. The van der Waals surface area contributed by atoms with Gasteiger partial charge in [-0.15, -0.1) is 0 Å². The molecule has 1 heterocycles. The molecular formula is C19H24N2O4S. The first-order valence-corrected chi connectivity index (χ1v) is 9.93. The van der Waals surface area contributed by atoms with E-state index in [1.807, 2.05) is 39.0 Å². The third-order valence-corrected chi connectivity index (χ3v) is 4.73. The summed E-state index contributed by atoms with van der Waals surface area (Å²) >= 11 is 0. The first kappa shape index (κ1) is 19.9. The molecule has 1 atom stereocenters. The minimum atomic E-state index is -1.43. The number of benzene rings is 1. The molecule has 0 radical (unpaired) electrons. The fourth-order valence-electron chi connectivity index (χ4n) is 2.52. The minimum absolute atomic E-state index is 0.101. The van der Waals surface area contributed by atoms with Crippen LogP contribution in [-0.4, -0.2) is 27.5 Å². The van der Waals surface area contributed by atoms with Gasteiger partial charge in [0.05, 0.1) is 12.4 Å². The lowest BCUT2D eigenvalue weighted by molar-refractivity contribution is -0.113. The Kier molecular flexibility index (Phi) is 7.15. The van der Waals surface area contributed by atoms with Gasteiger partial charge in [0.15, 0.2) is 5.75 Å². The Morgan fingerprint density at radius 3 is 2.50 bits per heavy atom. The molecule has 7 heteroatoms. The van der Waals surface area contributed by atoms with Crippen LogP contribution in [0, 0.1) is 13.8 Å². The Labute approximate surface area is 155 Å². The van der Waals surface area contributed by atoms with Crippen LogP contribution in [0.25, 0.3) is 0 Å². The lowest BCUT2D eigenvalue weighted by atomic mass is 10.1. The lowest BCUT2D eigenvalue weighted by Gasteiger charge is -2.08. The first-order valence-electron chi connectivity index (χ1n) is 8.45. The topological polar surface area (TPSA) is 88.3 Å². The van der Waals surface area contributed by atoms with Crippen molar-refractivity contribution >= 4 is 22.4 Å². The van der Waals surface area contributed by atoms with Crippen molar-refractivity contribution in [3.05, 3.63) is 57.5 Å². The highest BCUT2D eigenvalue weighted by molar-refractivity contribution is 7.84. The zero-order chi connectivity index (χ0) is 19.1. The summed E-state index contributed by atoms with van der Waals surface area (Å²) < 4.78 is 17.5. The van der Waals surface area contributed by atoms with Gasteiger partial charge in [-0.1, -0.05) is 13.0 Å². The van der Waals surface area contributed by atoms with Gasteiger partial charge in [-0.3, -0.25) is 13.8 Å². The minimum Gasteiger partial charge on any atom is -0.488 e. The van der Waals surface area contributed by atoms with Crippen molar-refractivity contribution in [2.45, 2.75) is 32.9 Å². The maximum absolute atomic E-state index is 12.2. The van der Waals surface area contributed by atoms with E-state index in [0.29, 0.717) is 18.0 Å². The van der Waals surface area contributed by atoms with E-state index in [1.54, 1.807) is 0 Å². The van der Waals surface area contributed by atoms with Gasteiger partial charge in [-0.2, -0.15) is 0 Å². The van der Waals surface area contributed by atoms with E-state index in [4.69, 9.17) is 4.74 Å². The third-order valence-electron chi connectivity index (χ3n) is 3.51. The number of rotatable bonds is 8. The van der Waals surface area contributed by atoms with Crippen LogP contribution >= 0.6 is 0 Å². The summed E-state index contributed by atoms with van der Waals surface area (Å²) in [6, 6.07) is 7.10. The van der Waals surface area contributed by atoms with Crippen LogP contribution in [0.1, 0.15) is 30.2 Å². The molecule has 0 spiro atoms. The standard InChI is InChI=1S/C19H24N2O4S/c1-4-5-25-18-10-20-16(9-17(18)22)11-26(24)12-19(23)21-15-7-13(2)6-14(3)8-15/h6-10H,4-5,11-12H2,1-3H3,(H,20,22)(H,21,23). The molecule has 1 amide bonds. The van der Waals surface area contributed by atoms with Crippen LogP contribution in [0.4, 0.5) is 5.69 Å². The molecule has 0 aliphatic heterocycles. The number of H-pyrrole nitrogens is 1. The first-order chi connectivity index (χ1) is 12.4. The zero-order valence-electron chi connectivity index (χ0n) is 15.3. The van der Waals surface area contributed by atoms with E-state index in [9.17, 15) is 13.8 Å². The quantitative estimate of drug-likeness (QED) is 0.741. The molecular weight excluding hydrogens is 352 g/mol. The molecule has 2 N–H and O–H groups in total. The number of hydrogen-bond donors (Lipinski definition) is 2. The number of hydrogen-bond acceptors (Lipinski definition) is 4. The number of nitrogens with one attached hydrogen (secondary N) is 2. The second kappa shape index (κ2) is 9.33. The van der Waals surface area contributed by atoms with Crippen molar-refractivity contribution in [1.82, 2.24) is 4.98 Å². The van der Waals surface area contributed by atoms with E-state index < -0.39 is 10.8 Å². The molecule has 0 saturated heterocycles. The number of amides is 1. The predicted molar refractivity (Wildman–Crippen MR) is 104 cm³/mol. The number of aromatic nitrogens is 1. The summed E-state index contributed by atoms with van der Waals surface area (Å²) in [7, 11) is -1.43. The van der Waals surface area contributed by atoms with Crippen LogP contribution in [0.3, 0.4) is 0 Å². The van der Waals surface area contributed by atoms with Crippen molar-refractivity contribution in [3.8, 4) is 5.75 Å². The molecule has 0 aliphatic carbocycles. The number of anilines is 1. The van der Waals surface area contributed by atoms with E-state index in [0.717, 1.165) is 17.5 Å². The molecule has 1 aromatic heterocycles. The van der Waals surface area contributed by atoms with Crippen LogP contribution in [0.5, 0.6) is 5.75 Å². The highest BCUT2D eigenvalue weighted by Crippen LogP contribution is 2.14. The van der Waals surface area contributed by atoms with E-state index in [-0.39, 0.29) is 28.6 Å². The summed E-state index contributed by atoms with van der Waals surface area (Å²) in [6.07, 6.45) is 2.28. The van der Waals surface area contributed by atoms with Crippen molar-refractivity contribution in [2.24, 2.45) is 0 Å². The van der Waals surface area contributed by atoms with E-state index in [2.05, 4.69) is 10.3 Å². The summed E-state index contributed by atoms with van der Waals surface area (Å²) in [5.74, 6) is -0.111. The van der Waals surface area contributed by atoms with Gasteiger partial charge < -0.3 is 15.0 Å². The van der Waals surface area contributed by atoms with Gasteiger partial charge in [0, 0.05) is 34.4 Å². The van der Waals surface area contributed by atoms with Gasteiger partial charge in [0.1, 0.15) is 5.75 Å². The monoisotopic (exact) mass is 376 g/mol.